The minimum absolute atomic E-state index is 0.252. The molecular weight excluding hydrogens is 254 g/mol. The van der Waals surface area contributed by atoms with Gasteiger partial charge in [0.05, 0.1) is 12.0 Å². The van der Waals surface area contributed by atoms with Gasteiger partial charge in [-0.05, 0) is 13.5 Å². The Morgan fingerprint density at radius 1 is 1.35 bits per heavy atom. The number of fused-ring (bicyclic) bond motifs is 3. The first-order valence-electron chi connectivity index (χ1n) is 7.70. The van der Waals surface area contributed by atoms with Crippen molar-refractivity contribution >= 4 is 0 Å². The normalized spacial score (nSPS) is 32.2. The number of aromatic nitrogens is 2. The maximum Gasteiger partial charge on any atom is 0.231 e. The smallest absolute Gasteiger partial charge is 0.231 e. The highest BCUT2D eigenvalue weighted by atomic mass is 16.5. The van der Waals surface area contributed by atoms with Gasteiger partial charge in [0, 0.05) is 38.8 Å². The Labute approximate surface area is 120 Å². The molecule has 6 nitrogen and oxygen atoms in total. The van der Waals surface area contributed by atoms with Gasteiger partial charge in [-0.15, -0.1) is 0 Å². The van der Waals surface area contributed by atoms with Crippen LogP contribution in [0.5, 0.6) is 0 Å². The number of hydrogen-bond acceptors (Lipinski definition) is 6. The number of likely N-dealkylation sites (N-methyl/N-ethyl adjacent to an activating group) is 1. The zero-order valence-corrected chi connectivity index (χ0v) is 12.7. The van der Waals surface area contributed by atoms with E-state index in [2.05, 4.69) is 39.1 Å². The van der Waals surface area contributed by atoms with Crippen molar-refractivity contribution < 1.29 is 4.52 Å². The van der Waals surface area contributed by atoms with Crippen molar-refractivity contribution in [2.24, 2.45) is 0 Å². The number of nitrogens with zero attached hydrogens (tertiary/aromatic N) is 4. The minimum Gasteiger partial charge on any atom is -0.339 e. The standard InChI is InChI=1S/C14H25N5O/c1-4-11(15-3)10(2)14-16-13(17-20-14)12-9-18-5-7-19(12)8-6-18/h10-12,15H,4-9H2,1-3H3. The van der Waals surface area contributed by atoms with Crippen molar-refractivity contribution in [1.29, 1.82) is 0 Å². The van der Waals surface area contributed by atoms with Crippen LogP contribution in [0.4, 0.5) is 0 Å². The summed E-state index contributed by atoms with van der Waals surface area (Å²) < 4.78 is 5.53. The first-order valence-corrected chi connectivity index (χ1v) is 7.70. The summed E-state index contributed by atoms with van der Waals surface area (Å²) in [7, 11) is 1.99. The summed E-state index contributed by atoms with van der Waals surface area (Å²) in [5.74, 6) is 1.88. The maximum atomic E-state index is 5.53. The molecule has 3 atom stereocenters. The van der Waals surface area contributed by atoms with Gasteiger partial charge in [0.25, 0.3) is 0 Å². The second-order valence-electron chi connectivity index (χ2n) is 5.94. The lowest BCUT2D eigenvalue weighted by molar-refractivity contribution is 0.00781. The largest absolute Gasteiger partial charge is 0.339 e. The summed E-state index contributed by atoms with van der Waals surface area (Å²) in [5, 5.41) is 7.57. The maximum absolute atomic E-state index is 5.53. The van der Waals surface area contributed by atoms with E-state index in [4.69, 9.17) is 4.52 Å². The SMILES string of the molecule is CCC(NC)C(C)c1nc(C2CN3CCN2CC3)no1. The van der Waals surface area contributed by atoms with Crippen molar-refractivity contribution in [3.05, 3.63) is 11.7 Å². The van der Waals surface area contributed by atoms with E-state index in [0.717, 1.165) is 37.8 Å². The molecule has 0 spiro atoms. The van der Waals surface area contributed by atoms with Gasteiger partial charge in [0.2, 0.25) is 5.89 Å². The molecule has 3 aliphatic heterocycles. The van der Waals surface area contributed by atoms with Crippen molar-refractivity contribution in [1.82, 2.24) is 25.3 Å². The van der Waals surface area contributed by atoms with Gasteiger partial charge >= 0.3 is 0 Å². The van der Waals surface area contributed by atoms with E-state index in [1.807, 2.05) is 7.05 Å². The van der Waals surface area contributed by atoms with E-state index in [-0.39, 0.29) is 5.92 Å². The van der Waals surface area contributed by atoms with Gasteiger partial charge in [-0.25, -0.2) is 0 Å². The average Bonchev–Trinajstić information content (AvgIpc) is 2.99. The third-order valence-corrected chi connectivity index (χ3v) is 4.84. The molecule has 0 aromatic carbocycles. The van der Waals surface area contributed by atoms with E-state index in [0.29, 0.717) is 12.1 Å². The molecule has 4 rings (SSSR count). The summed E-state index contributed by atoms with van der Waals surface area (Å²) in [6, 6.07) is 0.701. The van der Waals surface area contributed by atoms with Crippen LogP contribution in [0, 0.1) is 0 Å². The number of nitrogens with one attached hydrogen (secondary N) is 1. The lowest BCUT2D eigenvalue weighted by Gasteiger charge is -2.46. The molecule has 112 valence electrons. The molecule has 3 saturated heterocycles. The predicted molar refractivity (Wildman–Crippen MR) is 76.6 cm³/mol. The van der Waals surface area contributed by atoms with Gasteiger partial charge in [-0.2, -0.15) is 4.98 Å². The van der Waals surface area contributed by atoms with Crippen molar-refractivity contribution in [2.75, 3.05) is 39.8 Å². The van der Waals surface area contributed by atoms with Gasteiger partial charge in [-0.1, -0.05) is 19.0 Å². The van der Waals surface area contributed by atoms with Crippen LogP contribution < -0.4 is 5.32 Å². The molecule has 3 aliphatic rings. The van der Waals surface area contributed by atoms with Crippen molar-refractivity contribution in [2.45, 2.75) is 38.3 Å². The molecule has 20 heavy (non-hydrogen) atoms. The topological polar surface area (TPSA) is 57.4 Å². The third kappa shape index (κ3) is 2.47. The van der Waals surface area contributed by atoms with Crippen LogP contribution in [0.1, 0.15) is 43.9 Å². The fourth-order valence-corrected chi connectivity index (χ4v) is 3.41. The summed E-state index contributed by atoms with van der Waals surface area (Å²) >= 11 is 0. The first kappa shape index (κ1) is 14.0. The Kier molecular flexibility index (Phi) is 4.05. The second kappa shape index (κ2) is 5.79. The molecule has 0 aliphatic carbocycles. The fourth-order valence-electron chi connectivity index (χ4n) is 3.41. The Balaban J connectivity index is 1.73. The summed E-state index contributed by atoms with van der Waals surface area (Å²) in [6.07, 6.45) is 1.05. The average molecular weight is 279 g/mol. The second-order valence-corrected chi connectivity index (χ2v) is 5.94. The lowest BCUT2D eigenvalue weighted by Crippen LogP contribution is -2.57. The molecule has 0 saturated carbocycles. The Hall–Kier alpha value is -0.980. The Morgan fingerprint density at radius 2 is 2.10 bits per heavy atom. The van der Waals surface area contributed by atoms with Gasteiger partial charge in [-0.3, -0.25) is 9.80 Å². The quantitative estimate of drug-likeness (QED) is 0.862. The van der Waals surface area contributed by atoms with Crippen LogP contribution in [0.15, 0.2) is 4.52 Å². The fraction of sp³-hybridized carbons (Fsp3) is 0.857. The van der Waals surface area contributed by atoms with Crippen molar-refractivity contribution in [3.63, 3.8) is 0 Å². The van der Waals surface area contributed by atoms with E-state index < -0.39 is 0 Å². The van der Waals surface area contributed by atoms with Crippen LogP contribution in [0.25, 0.3) is 0 Å². The number of piperazine rings is 3. The highest BCUT2D eigenvalue weighted by Gasteiger charge is 2.36. The van der Waals surface area contributed by atoms with E-state index >= 15 is 0 Å². The van der Waals surface area contributed by atoms with E-state index in [1.165, 1.54) is 13.1 Å². The van der Waals surface area contributed by atoms with Crippen LogP contribution in [-0.4, -0.2) is 65.8 Å². The molecule has 3 unspecified atom stereocenters. The van der Waals surface area contributed by atoms with Crippen LogP contribution in [0.2, 0.25) is 0 Å². The molecule has 6 heteroatoms. The Morgan fingerprint density at radius 3 is 2.65 bits per heavy atom. The molecule has 4 heterocycles. The van der Waals surface area contributed by atoms with Gasteiger partial charge in [0.1, 0.15) is 0 Å². The Bertz CT molecular complexity index is 437. The molecule has 1 aromatic heterocycles. The predicted octanol–water partition coefficient (Wildman–Crippen LogP) is 0.843. The highest BCUT2D eigenvalue weighted by molar-refractivity contribution is 5.04. The molecular formula is C14H25N5O. The molecule has 0 amide bonds. The molecule has 3 fully saturated rings. The van der Waals surface area contributed by atoms with Crippen LogP contribution in [-0.2, 0) is 0 Å². The van der Waals surface area contributed by atoms with E-state index in [1.54, 1.807) is 0 Å². The molecule has 1 aromatic rings. The minimum atomic E-state index is 0.252. The monoisotopic (exact) mass is 279 g/mol. The summed E-state index contributed by atoms with van der Waals surface area (Å²) in [4.78, 5) is 9.66. The number of rotatable bonds is 5. The lowest BCUT2D eigenvalue weighted by atomic mass is 10.00. The van der Waals surface area contributed by atoms with E-state index in [9.17, 15) is 0 Å². The van der Waals surface area contributed by atoms with Crippen molar-refractivity contribution in [3.8, 4) is 0 Å². The molecule has 1 N–H and O–H groups in total. The highest BCUT2D eigenvalue weighted by Crippen LogP contribution is 2.28. The molecule has 2 bridgehead atoms. The first-order chi connectivity index (χ1) is 9.72. The zero-order valence-electron chi connectivity index (χ0n) is 12.7. The van der Waals surface area contributed by atoms with Crippen LogP contribution in [0.3, 0.4) is 0 Å². The zero-order chi connectivity index (χ0) is 14.1. The summed E-state index contributed by atoms with van der Waals surface area (Å²) in [5.41, 5.74) is 0. The number of hydrogen-bond donors (Lipinski definition) is 1. The van der Waals surface area contributed by atoms with Gasteiger partial charge < -0.3 is 9.84 Å². The molecule has 0 radical (unpaired) electrons. The summed E-state index contributed by atoms with van der Waals surface area (Å²) in [6.45, 7) is 9.96. The van der Waals surface area contributed by atoms with Crippen LogP contribution >= 0.6 is 0 Å². The third-order valence-electron chi connectivity index (χ3n) is 4.84. The van der Waals surface area contributed by atoms with Gasteiger partial charge in [0.15, 0.2) is 5.82 Å².